The number of carboxylic acid groups (broad SMARTS) is 1. The molecule has 0 amide bonds. The lowest BCUT2D eigenvalue weighted by atomic mass is 10.2. The van der Waals surface area contributed by atoms with E-state index < -0.39 is 5.97 Å². The van der Waals surface area contributed by atoms with E-state index in [2.05, 4.69) is 10.3 Å². The highest BCUT2D eigenvalue weighted by Gasteiger charge is 2.16. The van der Waals surface area contributed by atoms with Gasteiger partial charge in [0.15, 0.2) is 5.69 Å². The van der Waals surface area contributed by atoms with Crippen LogP contribution in [0.2, 0.25) is 0 Å². The summed E-state index contributed by atoms with van der Waals surface area (Å²) in [6.45, 7) is 6.81. The van der Waals surface area contributed by atoms with Crippen molar-refractivity contribution in [3.05, 3.63) is 11.4 Å². The van der Waals surface area contributed by atoms with Gasteiger partial charge in [-0.05, 0) is 20.3 Å². The molecule has 0 unspecified atom stereocenters. The fourth-order valence-corrected chi connectivity index (χ4v) is 1.40. The molecule has 1 aromatic heterocycles. The van der Waals surface area contributed by atoms with Crippen LogP contribution in [0.1, 0.15) is 37.0 Å². The number of carboxylic acids is 1. The Morgan fingerprint density at radius 3 is 2.75 bits per heavy atom. The molecule has 0 fully saturated rings. The van der Waals surface area contributed by atoms with E-state index in [1.807, 2.05) is 20.8 Å². The molecule has 1 N–H and O–H groups in total. The second-order valence-corrected chi connectivity index (χ2v) is 3.69. The highest BCUT2D eigenvalue weighted by molar-refractivity contribution is 5.86. The van der Waals surface area contributed by atoms with Crippen molar-refractivity contribution >= 4 is 5.97 Å². The number of hydrogen-bond donors (Lipinski definition) is 1. The van der Waals surface area contributed by atoms with Crippen molar-refractivity contribution in [3.8, 4) is 0 Å². The van der Waals surface area contributed by atoms with E-state index >= 15 is 0 Å². The molecule has 0 aliphatic carbocycles. The van der Waals surface area contributed by atoms with Crippen LogP contribution in [0.3, 0.4) is 0 Å². The van der Waals surface area contributed by atoms with Crippen molar-refractivity contribution in [1.29, 1.82) is 0 Å². The second-order valence-electron chi connectivity index (χ2n) is 3.69. The Bertz CT molecular complexity index is 360. The number of ether oxygens (including phenoxy) is 1. The molecule has 90 valence electrons. The lowest BCUT2D eigenvalue weighted by molar-refractivity contribution is 0.0681. The quantitative estimate of drug-likeness (QED) is 0.783. The van der Waals surface area contributed by atoms with Crippen LogP contribution in [-0.4, -0.2) is 38.8 Å². The van der Waals surface area contributed by atoms with Crippen LogP contribution in [0.15, 0.2) is 0 Å². The van der Waals surface area contributed by atoms with Gasteiger partial charge < -0.3 is 9.84 Å². The molecule has 0 aromatic carbocycles. The molecule has 0 bridgehead atoms. The van der Waals surface area contributed by atoms with E-state index in [0.29, 0.717) is 25.3 Å². The van der Waals surface area contributed by atoms with Crippen LogP contribution in [0.4, 0.5) is 0 Å². The molecule has 6 nitrogen and oxygen atoms in total. The number of aromatic carboxylic acids is 1. The third kappa shape index (κ3) is 3.03. The summed E-state index contributed by atoms with van der Waals surface area (Å²) < 4.78 is 6.97. The zero-order valence-electron chi connectivity index (χ0n) is 9.80. The average Bonchev–Trinajstić information content (AvgIpc) is 2.60. The first-order chi connectivity index (χ1) is 7.56. The highest BCUT2D eigenvalue weighted by Crippen LogP contribution is 2.06. The van der Waals surface area contributed by atoms with Crippen molar-refractivity contribution in [2.24, 2.45) is 0 Å². The first kappa shape index (κ1) is 12.6. The molecule has 6 heteroatoms. The van der Waals surface area contributed by atoms with Crippen LogP contribution in [0, 0.1) is 0 Å². The molecule has 0 radical (unpaired) electrons. The maximum absolute atomic E-state index is 10.8. The van der Waals surface area contributed by atoms with Gasteiger partial charge in [0, 0.05) is 0 Å². The fourth-order valence-electron chi connectivity index (χ4n) is 1.40. The van der Waals surface area contributed by atoms with Crippen molar-refractivity contribution in [2.45, 2.75) is 39.8 Å². The summed E-state index contributed by atoms with van der Waals surface area (Å²) in [4.78, 5) is 10.8. The van der Waals surface area contributed by atoms with E-state index in [1.165, 1.54) is 0 Å². The van der Waals surface area contributed by atoms with E-state index in [9.17, 15) is 4.79 Å². The van der Waals surface area contributed by atoms with Crippen LogP contribution in [0.25, 0.3) is 0 Å². The van der Waals surface area contributed by atoms with Crippen molar-refractivity contribution in [3.63, 3.8) is 0 Å². The van der Waals surface area contributed by atoms with Crippen molar-refractivity contribution in [2.75, 3.05) is 6.61 Å². The molecule has 16 heavy (non-hydrogen) atoms. The monoisotopic (exact) mass is 227 g/mol. The Labute approximate surface area is 94.2 Å². The Kier molecular flexibility index (Phi) is 4.42. The van der Waals surface area contributed by atoms with Crippen LogP contribution in [-0.2, 0) is 17.7 Å². The van der Waals surface area contributed by atoms with Gasteiger partial charge in [0.1, 0.15) is 0 Å². The molecular formula is C10H17N3O3. The normalized spacial score (nSPS) is 11.0. The third-order valence-electron chi connectivity index (χ3n) is 2.13. The maximum atomic E-state index is 10.8. The van der Waals surface area contributed by atoms with Crippen LogP contribution < -0.4 is 0 Å². The molecule has 0 aliphatic heterocycles. The molecule has 0 spiro atoms. The predicted molar refractivity (Wildman–Crippen MR) is 57.4 cm³/mol. The predicted octanol–water partition coefficient (Wildman–Crippen LogP) is 0.964. The minimum absolute atomic E-state index is 0.0343. The van der Waals surface area contributed by atoms with Gasteiger partial charge in [-0.2, -0.15) is 0 Å². The molecule has 1 aromatic rings. The van der Waals surface area contributed by atoms with Gasteiger partial charge in [0.25, 0.3) is 0 Å². The van der Waals surface area contributed by atoms with E-state index in [4.69, 9.17) is 9.84 Å². The molecule has 1 heterocycles. The van der Waals surface area contributed by atoms with Gasteiger partial charge >= 0.3 is 5.97 Å². The Morgan fingerprint density at radius 1 is 1.56 bits per heavy atom. The van der Waals surface area contributed by atoms with Gasteiger partial charge in [-0.15, -0.1) is 5.10 Å². The van der Waals surface area contributed by atoms with E-state index in [-0.39, 0.29) is 11.8 Å². The summed E-state index contributed by atoms with van der Waals surface area (Å²) in [6.07, 6.45) is 0.753. The summed E-state index contributed by atoms with van der Waals surface area (Å²) in [7, 11) is 0. The van der Waals surface area contributed by atoms with Gasteiger partial charge in [0.2, 0.25) is 0 Å². The maximum Gasteiger partial charge on any atom is 0.358 e. The highest BCUT2D eigenvalue weighted by atomic mass is 16.5. The first-order valence-corrected chi connectivity index (χ1v) is 5.33. The fraction of sp³-hybridized carbons (Fsp3) is 0.700. The summed E-state index contributed by atoms with van der Waals surface area (Å²) in [5.74, 6) is -1.03. The number of carbonyl (C=O) groups is 1. The molecule has 0 saturated heterocycles. The number of hydrogen-bond acceptors (Lipinski definition) is 4. The summed E-state index contributed by atoms with van der Waals surface area (Å²) in [5.41, 5.74) is 0.673. The minimum atomic E-state index is -1.03. The summed E-state index contributed by atoms with van der Waals surface area (Å²) >= 11 is 0. The smallest absolute Gasteiger partial charge is 0.358 e. The number of rotatable bonds is 6. The molecule has 0 atom stereocenters. The van der Waals surface area contributed by atoms with Gasteiger partial charge in [-0.25, -0.2) is 9.48 Å². The molecular weight excluding hydrogens is 210 g/mol. The lowest BCUT2D eigenvalue weighted by Crippen LogP contribution is -2.14. The Balaban J connectivity index is 2.69. The zero-order chi connectivity index (χ0) is 12.1. The molecule has 0 saturated carbocycles. The summed E-state index contributed by atoms with van der Waals surface area (Å²) in [6, 6.07) is 0. The largest absolute Gasteiger partial charge is 0.476 e. The second kappa shape index (κ2) is 5.60. The van der Waals surface area contributed by atoms with Crippen molar-refractivity contribution < 1.29 is 14.6 Å². The summed E-state index contributed by atoms with van der Waals surface area (Å²) in [5, 5.41) is 16.3. The topological polar surface area (TPSA) is 77.2 Å². The van der Waals surface area contributed by atoms with Gasteiger partial charge in [-0.1, -0.05) is 12.1 Å². The van der Waals surface area contributed by atoms with Crippen molar-refractivity contribution in [1.82, 2.24) is 15.0 Å². The van der Waals surface area contributed by atoms with Gasteiger partial charge in [0.05, 0.1) is 24.9 Å². The van der Waals surface area contributed by atoms with Crippen LogP contribution in [0.5, 0.6) is 0 Å². The van der Waals surface area contributed by atoms with E-state index in [1.54, 1.807) is 4.68 Å². The van der Waals surface area contributed by atoms with E-state index in [0.717, 1.165) is 0 Å². The SMILES string of the molecule is CCc1c(C(=O)O)nnn1CCOC(C)C. The first-order valence-electron chi connectivity index (χ1n) is 5.33. The minimum Gasteiger partial charge on any atom is -0.476 e. The zero-order valence-corrected chi connectivity index (χ0v) is 9.80. The Morgan fingerprint density at radius 2 is 2.25 bits per heavy atom. The number of nitrogens with zero attached hydrogens (tertiary/aromatic N) is 3. The van der Waals surface area contributed by atoms with Gasteiger partial charge in [-0.3, -0.25) is 0 Å². The van der Waals surface area contributed by atoms with Crippen LogP contribution >= 0.6 is 0 Å². The third-order valence-corrected chi connectivity index (χ3v) is 2.13. The standard InChI is InChI=1S/C10H17N3O3/c1-4-8-9(10(14)15)11-12-13(8)5-6-16-7(2)3/h7H,4-6H2,1-3H3,(H,14,15). The number of aromatic nitrogens is 3. The Hall–Kier alpha value is -1.43. The lowest BCUT2D eigenvalue weighted by Gasteiger charge is -2.08. The molecule has 1 rings (SSSR count). The average molecular weight is 227 g/mol. The molecule has 0 aliphatic rings.